The minimum Gasteiger partial charge on any atom is -0.437 e. The first-order valence-corrected chi connectivity index (χ1v) is 7.23. The summed E-state index contributed by atoms with van der Waals surface area (Å²) in [5.41, 5.74) is 6.61. The van der Waals surface area contributed by atoms with E-state index in [0.717, 1.165) is 10.7 Å². The average Bonchev–Trinajstić information content (AvgIpc) is 3.03. The Morgan fingerprint density at radius 3 is 2.86 bits per heavy atom. The number of primary amides is 1. The molecule has 1 amide bonds. The van der Waals surface area contributed by atoms with Crippen LogP contribution in [0, 0.1) is 0 Å². The Morgan fingerprint density at radius 2 is 2.19 bits per heavy atom. The lowest BCUT2D eigenvalue weighted by Crippen LogP contribution is -2.10. The monoisotopic (exact) mass is 302 g/mol. The first kappa shape index (κ1) is 13.6. The minimum absolute atomic E-state index is 0.448. The van der Waals surface area contributed by atoms with Crippen molar-refractivity contribution >= 4 is 22.2 Å². The molecule has 3 N–H and O–H groups in total. The number of imidazole rings is 1. The van der Waals surface area contributed by atoms with Crippen LogP contribution < -0.4 is 15.8 Å². The fraction of sp³-hybridized carbons (Fsp3) is 0.143. The van der Waals surface area contributed by atoms with E-state index in [0.29, 0.717) is 23.7 Å². The number of hydrogen-bond donors (Lipinski definition) is 2. The molecule has 0 aliphatic heterocycles. The largest absolute Gasteiger partial charge is 0.437 e. The molecule has 0 atom stereocenters. The number of rotatable bonds is 5. The fourth-order valence-corrected chi connectivity index (χ4v) is 2.75. The lowest BCUT2D eigenvalue weighted by atomic mass is 10.2. The van der Waals surface area contributed by atoms with Crippen LogP contribution >= 0.6 is 11.3 Å². The van der Waals surface area contributed by atoms with E-state index in [1.54, 1.807) is 35.6 Å². The number of amides is 1. The van der Waals surface area contributed by atoms with Gasteiger partial charge in [0.2, 0.25) is 11.8 Å². The number of nitrogens with one attached hydrogen (secondary N) is 1. The number of hydrogen-bond acceptors (Lipinski definition) is 5. The van der Waals surface area contributed by atoms with Gasteiger partial charge in [-0.25, -0.2) is 0 Å². The van der Waals surface area contributed by atoms with Crippen molar-refractivity contribution < 1.29 is 9.53 Å². The maximum absolute atomic E-state index is 11.1. The molecule has 0 aliphatic rings. The third-order valence-electron chi connectivity index (χ3n) is 3.02. The van der Waals surface area contributed by atoms with Gasteiger partial charge in [-0.2, -0.15) is 4.98 Å². The molecule has 0 radical (unpaired) electrons. The number of benzene rings is 1. The minimum atomic E-state index is -0.458. The topological polar surface area (TPSA) is 81.6 Å². The standard InChI is InChI=1S/C14H14N4O2S/c1-16-8-11-13(17-14-18(11)6-7-21-14)20-10-4-2-9(3-5-10)12(15)19/h2-7,16H,8H2,1H3,(H2,15,19). The van der Waals surface area contributed by atoms with E-state index in [1.165, 1.54) is 0 Å². The van der Waals surface area contributed by atoms with E-state index in [2.05, 4.69) is 10.3 Å². The summed E-state index contributed by atoms with van der Waals surface area (Å²) in [4.78, 5) is 16.4. The van der Waals surface area contributed by atoms with Crippen molar-refractivity contribution in [3.8, 4) is 11.6 Å². The summed E-state index contributed by atoms with van der Waals surface area (Å²) in [6, 6.07) is 6.68. The zero-order valence-electron chi connectivity index (χ0n) is 11.4. The van der Waals surface area contributed by atoms with Crippen molar-refractivity contribution in [2.24, 2.45) is 5.73 Å². The van der Waals surface area contributed by atoms with Gasteiger partial charge in [-0.1, -0.05) is 0 Å². The Bertz CT molecular complexity index is 776. The molecule has 0 fully saturated rings. The summed E-state index contributed by atoms with van der Waals surface area (Å²) in [5.74, 6) is 0.714. The molecule has 21 heavy (non-hydrogen) atoms. The highest BCUT2D eigenvalue weighted by Crippen LogP contribution is 2.28. The second-order valence-corrected chi connectivity index (χ2v) is 5.31. The van der Waals surface area contributed by atoms with Gasteiger partial charge >= 0.3 is 0 Å². The van der Waals surface area contributed by atoms with Crippen molar-refractivity contribution in [2.45, 2.75) is 6.54 Å². The van der Waals surface area contributed by atoms with E-state index >= 15 is 0 Å². The van der Waals surface area contributed by atoms with E-state index in [-0.39, 0.29) is 0 Å². The maximum atomic E-state index is 11.1. The molecule has 0 unspecified atom stereocenters. The zero-order chi connectivity index (χ0) is 14.8. The van der Waals surface area contributed by atoms with Gasteiger partial charge in [-0.3, -0.25) is 9.20 Å². The van der Waals surface area contributed by atoms with Gasteiger partial charge in [0, 0.05) is 23.7 Å². The number of aromatic nitrogens is 2. The van der Waals surface area contributed by atoms with Gasteiger partial charge in [0.15, 0.2) is 4.96 Å². The Kier molecular flexibility index (Phi) is 3.59. The highest BCUT2D eigenvalue weighted by Gasteiger charge is 2.14. The van der Waals surface area contributed by atoms with Crippen LogP contribution in [0.25, 0.3) is 4.96 Å². The molecule has 0 spiro atoms. The van der Waals surface area contributed by atoms with E-state index in [9.17, 15) is 4.79 Å². The van der Waals surface area contributed by atoms with Crippen molar-refractivity contribution in [1.82, 2.24) is 14.7 Å². The molecule has 3 aromatic rings. The molecule has 0 saturated heterocycles. The summed E-state index contributed by atoms with van der Waals surface area (Å²) < 4.78 is 7.82. The highest BCUT2D eigenvalue weighted by atomic mass is 32.1. The molecule has 3 rings (SSSR count). The molecule has 6 nitrogen and oxygen atoms in total. The van der Waals surface area contributed by atoms with Gasteiger partial charge in [-0.05, 0) is 31.3 Å². The second kappa shape index (κ2) is 5.55. The predicted molar refractivity (Wildman–Crippen MR) is 80.9 cm³/mol. The van der Waals surface area contributed by atoms with E-state index < -0.39 is 5.91 Å². The van der Waals surface area contributed by atoms with Crippen LogP contribution in [0.1, 0.15) is 16.1 Å². The summed E-state index contributed by atoms with van der Waals surface area (Å²) in [5, 5.41) is 5.08. The summed E-state index contributed by atoms with van der Waals surface area (Å²) in [7, 11) is 1.87. The molecule has 2 aromatic heterocycles. The summed E-state index contributed by atoms with van der Waals surface area (Å²) in [6.45, 7) is 0.645. The van der Waals surface area contributed by atoms with Crippen molar-refractivity contribution in [1.29, 1.82) is 0 Å². The Hall–Kier alpha value is -2.38. The van der Waals surface area contributed by atoms with Crippen molar-refractivity contribution in [3.63, 3.8) is 0 Å². The van der Waals surface area contributed by atoms with Crippen molar-refractivity contribution in [3.05, 3.63) is 47.1 Å². The molecule has 7 heteroatoms. The Balaban J connectivity index is 1.91. The van der Waals surface area contributed by atoms with Crippen LogP contribution in [0.5, 0.6) is 11.6 Å². The highest BCUT2D eigenvalue weighted by molar-refractivity contribution is 7.15. The van der Waals surface area contributed by atoms with Crippen LogP contribution in [0.2, 0.25) is 0 Å². The lowest BCUT2D eigenvalue weighted by Gasteiger charge is -2.06. The average molecular weight is 302 g/mol. The third kappa shape index (κ3) is 2.61. The number of nitrogens with zero attached hydrogens (tertiary/aromatic N) is 2. The fourth-order valence-electron chi connectivity index (χ4n) is 2.02. The molecule has 0 saturated carbocycles. The van der Waals surface area contributed by atoms with E-state index in [4.69, 9.17) is 10.5 Å². The quantitative estimate of drug-likeness (QED) is 0.755. The number of fused-ring (bicyclic) bond motifs is 1. The number of ether oxygens (including phenoxy) is 1. The molecule has 0 bridgehead atoms. The zero-order valence-corrected chi connectivity index (χ0v) is 12.2. The Labute approximate surface area is 125 Å². The maximum Gasteiger partial charge on any atom is 0.248 e. The lowest BCUT2D eigenvalue weighted by molar-refractivity contribution is 0.100. The first-order valence-electron chi connectivity index (χ1n) is 6.36. The van der Waals surface area contributed by atoms with Gasteiger partial charge in [0.1, 0.15) is 11.4 Å². The van der Waals surface area contributed by atoms with Crippen LogP contribution in [0.3, 0.4) is 0 Å². The molecule has 1 aromatic carbocycles. The smallest absolute Gasteiger partial charge is 0.248 e. The van der Waals surface area contributed by atoms with Crippen LogP contribution in [-0.4, -0.2) is 22.3 Å². The molecular formula is C14H14N4O2S. The first-order chi connectivity index (χ1) is 10.2. The van der Waals surface area contributed by atoms with Crippen LogP contribution in [-0.2, 0) is 6.54 Å². The predicted octanol–water partition coefficient (Wildman–Crippen LogP) is 2.01. The molecule has 0 aliphatic carbocycles. The number of carbonyl (C=O) groups is 1. The normalized spacial score (nSPS) is 10.9. The number of nitrogens with two attached hydrogens (primary N) is 1. The number of thiazole rings is 1. The molecule has 2 heterocycles. The van der Waals surface area contributed by atoms with Crippen LogP contribution in [0.4, 0.5) is 0 Å². The Morgan fingerprint density at radius 1 is 1.43 bits per heavy atom. The van der Waals surface area contributed by atoms with Gasteiger partial charge in [0.05, 0.1) is 0 Å². The summed E-state index contributed by atoms with van der Waals surface area (Å²) in [6.07, 6.45) is 1.96. The van der Waals surface area contributed by atoms with E-state index in [1.807, 2.05) is 23.0 Å². The van der Waals surface area contributed by atoms with Gasteiger partial charge in [0.25, 0.3) is 0 Å². The third-order valence-corrected chi connectivity index (χ3v) is 3.78. The van der Waals surface area contributed by atoms with Crippen LogP contribution in [0.15, 0.2) is 35.8 Å². The SMILES string of the molecule is CNCc1c(Oc2ccc(C(N)=O)cc2)nc2sccn12. The summed E-state index contributed by atoms with van der Waals surface area (Å²) >= 11 is 1.55. The van der Waals surface area contributed by atoms with Crippen molar-refractivity contribution in [2.75, 3.05) is 7.05 Å². The molecular weight excluding hydrogens is 288 g/mol. The van der Waals surface area contributed by atoms with Gasteiger partial charge in [-0.15, -0.1) is 11.3 Å². The second-order valence-electron chi connectivity index (χ2n) is 4.44. The number of carbonyl (C=O) groups excluding carboxylic acids is 1. The molecule has 108 valence electrons. The van der Waals surface area contributed by atoms with Gasteiger partial charge < -0.3 is 15.8 Å².